The molecule has 2 aromatic rings. The summed E-state index contributed by atoms with van der Waals surface area (Å²) in [6.45, 7) is 9.20. The van der Waals surface area contributed by atoms with Gasteiger partial charge in [-0.2, -0.15) is 0 Å². The minimum absolute atomic E-state index is 0.696. The van der Waals surface area contributed by atoms with Crippen LogP contribution in [0.1, 0.15) is 50.7 Å². The fourth-order valence-corrected chi connectivity index (χ4v) is 3.21. The lowest BCUT2D eigenvalue weighted by Gasteiger charge is -2.12. The summed E-state index contributed by atoms with van der Waals surface area (Å²) < 4.78 is 0. The number of guanidine groups is 2. The maximum absolute atomic E-state index is 4.67. The second-order valence-electron chi connectivity index (χ2n) is 7.63. The first-order chi connectivity index (χ1) is 15.8. The highest BCUT2D eigenvalue weighted by Crippen LogP contribution is 2.02. The third-order valence-corrected chi connectivity index (χ3v) is 4.90. The summed E-state index contributed by atoms with van der Waals surface area (Å²) in [7, 11) is 0. The average molecular weight is 437 g/mol. The van der Waals surface area contributed by atoms with Crippen LogP contribution < -0.4 is 21.3 Å². The standard InChI is InChI=1S/C26H40N6/c1-3-27-25(31-21-23-15-9-7-10-16-23)29-19-13-5-6-14-20-30-26(28-4-2)32-22-24-17-11-8-12-18-24/h7-12,15-18H,3-6,13-14,19-22H2,1-2H3,(H2,27,29,31)(H2,28,30,32). The molecule has 0 aliphatic carbocycles. The van der Waals surface area contributed by atoms with E-state index in [1.807, 2.05) is 12.1 Å². The molecule has 0 amide bonds. The molecule has 0 saturated carbocycles. The van der Waals surface area contributed by atoms with Crippen LogP contribution in [0.2, 0.25) is 0 Å². The predicted octanol–water partition coefficient (Wildman–Crippen LogP) is 4.06. The van der Waals surface area contributed by atoms with Crippen molar-refractivity contribution < 1.29 is 0 Å². The lowest BCUT2D eigenvalue weighted by Crippen LogP contribution is -2.38. The quantitative estimate of drug-likeness (QED) is 0.217. The molecule has 0 aliphatic heterocycles. The minimum Gasteiger partial charge on any atom is -0.357 e. The Bertz CT molecular complexity index is 706. The molecule has 0 heterocycles. The molecule has 0 unspecified atom stereocenters. The normalized spacial score (nSPS) is 11.8. The number of nitrogens with zero attached hydrogens (tertiary/aromatic N) is 2. The Morgan fingerprint density at radius 2 is 0.969 bits per heavy atom. The smallest absolute Gasteiger partial charge is 0.191 e. The van der Waals surface area contributed by atoms with E-state index in [0.717, 1.165) is 50.9 Å². The van der Waals surface area contributed by atoms with Crippen LogP contribution in [0.5, 0.6) is 0 Å². The van der Waals surface area contributed by atoms with Crippen LogP contribution in [0.15, 0.2) is 70.6 Å². The van der Waals surface area contributed by atoms with E-state index in [2.05, 4.69) is 93.6 Å². The van der Waals surface area contributed by atoms with Crippen molar-refractivity contribution >= 4 is 11.9 Å². The fraction of sp³-hybridized carbons (Fsp3) is 0.462. The van der Waals surface area contributed by atoms with Crippen LogP contribution >= 0.6 is 0 Å². The van der Waals surface area contributed by atoms with Gasteiger partial charge >= 0.3 is 0 Å². The van der Waals surface area contributed by atoms with E-state index >= 15 is 0 Å². The molecule has 32 heavy (non-hydrogen) atoms. The molecule has 2 aromatic carbocycles. The molecule has 6 heteroatoms. The van der Waals surface area contributed by atoms with E-state index in [1.165, 1.54) is 24.0 Å². The van der Waals surface area contributed by atoms with Gasteiger partial charge < -0.3 is 21.3 Å². The zero-order valence-corrected chi connectivity index (χ0v) is 19.7. The lowest BCUT2D eigenvalue weighted by atomic mass is 10.2. The van der Waals surface area contributed by atoms with Crippen molar-refractivity contribution in [2.45, 2.75) is 52.6 Å². The van der Waals surface area contributed by atoms with Crippen molar-refractivity contribution in [2.24, 2.45) is 9.98 Å². The molecule has 0 bridgehead atoms. The molecular formula is C26H40N6. The van der Waals surface area contributed by atoms with Crippen molar-refractivity contribution in [3.8, 4) is 0 Å². The topological polar surface area (TPSA) is 72.8 Å². The van der Waals surface area contributed by atoms with Crippen molar-refractivity contribution in [3.63, 3.8) is 0 Å². The molecule has 174 valence electrons. The van der Waals surface area contributed by atoms with Crippen LogP contribution in [-0.2, 0) is 13.1 Å². The van der Waals surface area contributed by atoms with Gasteiger partial charge in [0.05, 0.1) is 13.1 Å². The maximum Gasteiger partial charge on any atom is 0.191 e. The number of hydrogen-bond acceptors (Lipinski definition) is 2. The van der Waals surface area contributed by atoms with Gasteiger partial charge in [0.15, 0.2) is 11.9 Å². The van der Waals surface area contributed by atoms with Crippen LogP contribution in [0.3, 0.4) is 0 Å². The molecule has 0 aliphatic rings. The Labute approximate surface area is 194 Å². The Morgan fingerprint density at radius 3 is 1.34 bits per heavy atom. The number of benzene rings is 2. The lowest BCUT2D eigenvalue weighted by molar-refractivity contribution is 0.616. The minimum atomic E-state index is 0.696. The van der Waals surface area contributed by atoms with Gasteiger partial charge in [-0.3, -0.25) is 0 Å². The first kappa shape index (κ1) is 25.2. The summed E-state index contributed by atoms with van der Waals surface area (Å²) in [5, 5.41) is 13.5. The molecule has 4 N–H and O–H groups in total. The van der Waals surface area contributed by atoms with Gasteiger partial charge in [-0.05, 0) is 37.8 Å². The molecule has 6 nitrogen and oxygen atoms in total. The molecule has 0 radical (unpaired) electrons. The van der Waals surface area contributed by atoms with Crippen LogP contribution in [0.4, 0.5) is 0 Å². The Kier molecular flexibility index (Phi) is 13.1. The number of unbranched alkanes of at least 4 members (excludes halogenated alkanes) is 3. The Balaban J connectivity index is 1.58. The third kappa shape index (κ3) is 11.4. The highest BCUT2D eigenvalue weighted by molar-refractivity contribution is 5.80. The Morgan fingerprint density at radius 1 is 0.562 bits per heavy atom. The monoisotopic (exact) mass is 436 g/mol. The van der Waals surface area contributed by atoms with Crippen molar-refractivity contribution in [2.75, 3.05) is 26.2 Å². The second-order valence-corrected chi connectivity index (χ2v) is 7.63. The van der Waals surface area contributed by atoms with Crippen LogP contribution in [0.25, 0.3) is 0 Å². The number of aliphatic imine (C=N–C) groups is 2. The van der Waals surface area contributed by atoms with Crippen molar-refractivity contribution in [3.05, 3.63) is 71.8 Å². The summed E-state index contributed by atoms with van der Waals surface area (Å²) in [5.74, 6) is 1.78. The van der Waals surface area contributed by atoms with E-state index in [-0.39, 0.29) is 0 Å². The van der Waals surface area contributed by atoms with Crippen molar-refractivity contribution in [1.29, 1.82) is 0 Å². The first-order valence-corrected chi connectivity index (χ1v) is 11.9. The largest absolute Gasteiger partial charge is 0.357 e. The summed E-state index contributed by atoms with van der Waals surface area (Å²) in [6.07, 6.45) is 4.67. The van der Waals surface area contributed by atoms with Gasteiger partial charge in [-0.15, -0.1) is 0 Å². The zero-order chi connectivity index (χ0) is 22.7. The molecular weight excluding hydrogens is 396 g/mol. The summed E-state index contributed by atoms with van der Waals surface area (Å²) >= 11 is 0. The molecule has 0 aromatic heterocycles. The zero-order valence-electron chi connectivity index (χ0n) is 19.7. The number of rotatable bonds is 13. The summed E-state index contributed by atoms with van der Waals surface area (Å²) in [6, 6.07) is 20.7. The average Bonchev–Trinajstić information content (AvgIpc) is 2.83. The number of nitrogens with one attached hydrogen (secondary N) is 4. The Hall–Kier alpha value is -3.02. The van der Waals surface area contributed by atoms with Gasteiger partial charge in [-0.25, -0.2) is 9.98 Å². The predicted molar refractivity (Wildman–Crippen MR) is 137 cm³/mol. The molecule has 2 rings (SSSR count). The fourth-order valence-electron chi connectivity index (χ4n) is 3.21. The van der Waals surface area contributed by atoms with E-state index in [1.54, 1.807) is 0 Å². The van der Waals surface area contributed by atoms with Gasteiger partial charge in [0.25, 0.3) is 0 Å². The van der Waals surface area contributed by atoms with E-state index in [4.69, 9.17) is 0 Å². The van der Waals surface area contributed by atoms with Gasteiger partial charge in [-0.1, -0.05) is 73.5 Å². The molecule has 0 atom stereocenters. The number of hydrogen-bond donors (Lipinski definition) is 4. The van der Waals surface area contributed by atoms with Crippen molar-refractivity contribution in [1.82, 2.24) is 21.3 Å². The van der Waals surface area contributed by atoms with Gasteiger partial charge in [0, 0.05) is 26.2 Å². The van der Waals surface area contributed by atoms with E-state index in [9.17, 15) is 0 Å². The summed E-state index contributed by atoms with van der Waals surface area (Å²) in [5.41, 5.74) is 2.45. The van der Waals surface area contributed by atoms with Gasteiger partial charge in [0.1, 0.15) is 0 Å². The molecule has 0 saturated heterocycles. The van der Waals surface area contributed by atoms with E-state index in [0.29, 0.717) is 13.1 Å². The van der Waals surface area contributed by atoms with Crippen LogP contribution in [-0.4, -0.2) is 38.1 Å². The second kappa shape index (κ2) is 16.6. The first-order valence-electron chi connectivity index (χ1n) is 11.9. The van der Waals surface area contributed by atoms with Gasteiger partial charge in [0.2, 0.25) is 0 Å². The maximum atomic E-state index is 4.67. The summed E-state index contributed by atoms with van der Waals surface area (Å²) in [4.78, 5) is 9.34. The SMILES string of the molecule is CCNC(=NCc1ccccc1)NCCCCCCNC(=NCc1ccccc1)NCC. The third-order valence-electron chi connectivity index (χ3n) is 4.90. The molecule has 0 spiro atoms. The van der Waals surface area contributed by atoms with E-state index < -0.39 is 0 Å². The van der Waals surface area contributed by atoms with Crippen LogP contribution in [0, 0.1) is 0 Å². The highest BCUT2D eigenvalue weighted by Gasteiger charge is 1.99. The highest BCUT2D eigenvalue weighted by atomic mass is 15.2. The molecule has 0 fully saturated rings.